The lowest BCUT2D eigenvalue weighted by atomic mass is 9.45. The topological polar surface area (TPSA) is 0 Å². The molecule has 0 aromatic carbocycles. The lowest BCUT2D eigenvalue weighted by Gasteiger charge is -2.60. The molecule has 0 spiro atoms. The number of hydrogen-bond acceptors (Lipinski definition) is 0. The summed E-state index contributed by atoms with van der Waals surface area (Å²) in [6.07, 6.45) is 4.31. The fourth-order valence-corrected chi connectivity index (χ4v) is 7.10. The molecule has 0 heterocycles. The Bertz CT molecular complexity index is 502. The molecule has 4 fully saturated rings. The second-order valence-electron chi connectivity index (χ2n) is 9.42. The molecule has 4 heteroatoms. The van der Waals surface area contributed by atoms with Gasteiger partial charge in [0.1, 0.15) is 0 Å². The van der Waals surface area contributed by atoms with E-state index in [2.05, 4.69) is 6.92 Å². The maximum absolute atomic E-state index is 14.5. The average Bonchev–Trinajstić information content (AvgIpc) is 2.70. The van der Waals surface area contributed by atoms with Crippen LogP contribution in [0.1, 0.15) is 71.6 Å². The van der Waals surface area contributed by atoms with Crippen LogP contribution < -0.4 is 0 Å². The van der Waals surface area contributed by atoms with E-state index in [9.17, 15) is 17.6 Å². The van der Waals surface area contributed by atoms with Crippen molar-refractivity contribution in [2.75, 3.05) is 0 Å². The van der Waals surface area contributed by atoms with Crippen molar-refractivity contribution in [2.24, 2.45) is 34.5 Å². The first-order chi connectivity index (χ1) is 10.6. The van der Waals surface area contributed by atoms with E-state index in [-0.39, 0.29) is 36.5 Å². The molecule has 0 nitrogen and oxygen atoms in total. The molecule has 0 saturated heterocycles. The van der Waals surface area contributed by atoms with Gasteiger partial charge < -0.3 is 0 Å². The van der Waals surface area contributed by atoms with Crippen LogP contribution in [0.3, 0.4) is 0 Å². The van der Waals surface area contributed by atoms with Gasteiger partial charge >= 0.3 is 0 Å². The Morgan fingerprint density at radius 1 is 0.739 bits per heavy atom. The van der Waals surface area contributed by atoms with Crippen LogP contribution in [0.15, 0.2) is 0 Å². The number of alkyl halides is 4. The van der Waals surface area contributed by atoms with E-state index in [1.807, 2.05) is 0 Å². The van der Waals surface area contributed by atoms with Crippen molar-refractivity contribution < 1.29 is 17.6 Å². The normalized spacial score (nSPS) is 54.0. The molecule has 4 rings (SSSR count). The number of halogens is 4. The van der Waals surface area contributed by atoms with Gasteiger partial charge in [-0.25, -0.2) is 17.6 Å². The van der Waals surface area contributed by atoms with Crippen LogP contribution in [-0.2, 0) is 0 Å². The first-order valence-corrected chi connectivity index (χ1v) is 9.35. The van der Waals surface area contributed by atoms with Crippen molar-refractivity contribution >= 4 is 0 Å². The van der Waals surface area contributed by atoms with Gasteiger partial charge in [-0.15, -0.1) is 0 Å². The molecule has 4 saturated carbocycles. The molecule has 0 radical (unpaired) electrons. The van der Waals surface area contributed by atoms with Gasteiger partial charge in [0.15, 0.2) is 0 Å². The molecule has 0 aromatic heterocycles. The molecular weight excluding hydrogens is 304 g/mol. The van der Waals surface area contributed by atoms with Crippen LogP contribution in [0.2, 0.25) is 0 Å². The fraction of sp³-hybridized carbons (Fsp3) is 1.00. The van der Waals surface area contributed by atoms with Crippen LogP contribution in [0.5, 0.6) is 0 Å². The van der Waals surface area contributed by atoms with Gasteiger partial charge in [-0.2, -0.15) is 0 Å². The molecular formula is C19H28F4. The molecule has 4 aliphatic carbocycles. The summed E-state index contributed by atoms with van der Waals surface area (Å²) in [7, 11) is 0. The van der Waals surface area contributed by atoms with Crippen LogP contribution in [-0.4, -0.2) is 11.8 Å². The largest absolute Gasteiger partial charge is 0.253 e. The third-order valence-corrected chi connectivity index (χ3v) is 8.63. The molecule has 4 aliphatic rings. The highest BCUT2D eigenvalue weighted by atomic mass is 19.3. The first-order valence-electron chi connectivity index (χ1n) is 9.35. The summed E-state index contributed by atoms with van der Waals surface area (Å²) in [5.41, 5.74) is -0.903. The highest BCUT2D eigenvalue weighted by Gasteiger charge is 2.66. The molecule has 6 atom stereocenters. The van der Waals surface area contributed by atoms with Crippen molar-refractivity contribution in [3.05, 3.63) is 0 Å². The lowest BCUT2D eigenvalue weighted by Crippen LogP contribution is -2.55. The van der Waals surface area contributed by atoms with Gasteiger partial charge in [-0.05, 0) is 67.6 Å². The monoisotopic (exact) mass is 332 g/mol. The third-order valence-electron chi connectivity index (χ3n) is 8.63. The smallest absolute Gasteiger partial charge is 0.207 e. The van der Waals surface area contributed by atoms with Crippen LogP contribution in [0.25, 0.3) is 0 Å². The average molecular weight is 332 g/mol. The lowest BCUT2D eigenvalue weighted by molar-refractivity contribution is -0.188. The standard InChI is InChI=1S/C19H28F4/c1-16-9-10-18(20,21)11-12(16)3-4-13-14(16)5-7-17(2)15(13)6-8-19(17,22)23/h12-15H,3-11H2,1-2H3. The van der Waals surface area contributed by atoms with Crippen molar-refractivity contribution in [1.82, 2.24) is 0 Å². The van der Waals surface area contributed by atoms with Gasteiger partial charge in [0.2, 0.25) is 5.92 Å². The Morgan fingerprint density at radius 2 is 1.43 bits per heavy atom. The highest BCUT2D eigenvalue weighted by Crippen LogP contribution is 2.69. The Balaban J connectivity index is 1.63. The fourth-order valence-electron chi connectivity index (χ4n) is 7.10. The minimum atomic E-state index is -2.54. The van der Waals surface area contributed by atoms with E-state index >= 15 is 0 Å². The Kier molecular flexibility index (Phi) is 3.28. The molecule has 0 bridgehead atoms. The quantitative estimate of drug-likeness (QED) is 0.457. The van der Waals surface area contributed by atoms with E-state index < -0.39 is 17.3 Å². The van der Waals surface area contributed by atoms with E-state index in [1.165, 1.54) is 0 Å². The summed E-state index contributed by atoms with van der Waals surface area (Å²) in [4.78, 5) is 0. The highest BCUT2D eigenvalue weighted by molar-refractivity contribution is 5.11. The maximum atomic E-state index is 14.5. The summed E-state index contributed by atoms with van der Waals surface area (Å²) in [6.45, 7) is 3.99. The molecule has 23 heavy (non-hydrogen) atoms. The maximum Gasteiger partial charge on any atom is 0.253 e. The predicted octanol–water partition coefficient (Wildman–Crippen LogP) is 6.30. The number of fused-ring (bicyclic) bond motifs is 5. The molecule has 132 valence electrons. The zero-order valence-electron chi connectivity index (χ0n) is 14.2. The van der Waals surface area contributed by atoms with E-state index in [0.717, 1.165) is 19.3 Å². The van der Waals surface area contributed by atoms with Gasteiger partial charge in [-0.1, -0.05) is 13.8 Å². The molecule has 6 unspecified atom stereocenters. The first kappa shape index (κ1) is 16.2. The molecule has 0 aliphatic heterocycles. The SMILES string of the molecule is CC12CCC(F)(F)CC1CCC1C2CCC2(C)C1CCC2(F)F. The van der Waals surface area contributed by atoms with Crippen LogP contribution in [0.4, 0.5) is 17.6 Å². The predicted molar refractivity (Wildman–Crippen MR) is 81.6 cm³/mol. The zero-order valence-corrected chi connectivity index (χ0v) is 14.2. The second kappa shape index (κ2) is 4.66. The Morgan fingerprint density at radius 3 is 2.17 bits per heavy atom. The minimum Gasteiger partial charge on any atom is -0.207 e. The van der Waals surface area contributed by atoms with E-state index in [0.29, 0.717) is 31.1 Å². The molecule has 0 aromatic rings. The van der Waals surface area contributed by atoms with Crippen molar-refractivity contribution in [3.8, 4) is 0 Å². The van der Waals surface area contributed by atoms with Crippen molar-refractivity contribution in [1.29, 1.82) is 0 Å². The van der Waals surface area contributed by atoms with Crippen LogP contribution >= 0.6 is 0 Å². The summed E-state index contributed by atoms with van der Waals surface area (Å²) < 4.78 is 56.6. The van der Waals surface area contributed by atoms with E-state index in [1.54, 1.807) is 6.92 Å². The number of hydrogen-bond donors (Lipinski definition) is 0. The summed E-state index contributed by atoms with van der Waals surface area (Å²) in [5, 5.41) is 0. The number of rotatable bonds is 0. The summed E-state index contributed by atoms with van der Waals surface area (Å²) >= 11 is 0. The van der Waals surface area contributed by atoms with Gasteiger partial charge in [0.25, 0.3) is 5.92 Å². The third kappa shape index (κ3) is 2.08. The van der Waals surface area contributed by atoms with Gasteiger partial charge in [-0.3, -0.25) is 0 Å². The minimum absolute atomic E-state index is 0.0126. The van der Waals surface area contributed by atoms with Crippen molar-refractivity contribution in [2.45, 2.75) is 83.5 Å². The Labute approximate surface area is 136 Å². The van der Waals surface area contributed by atoms with Crippen LogP contribution in [0, 0.1) is 34.5 Å². The van der Waals surface area contributed by atoms with E-state index in [4.69, 9.17) is 0 Å². The van der Waals surface area contributed by atoms with Gasteiger partial charge in [0.05, 0.1) is 0 Å². The van der Waals surface area contributed by atoms with Gasteiger partial charge in [0, 0.05) is 24.7 Å². The second-order valence-corrected chi connectivity index (χ2v) is 9.42. The summed E-state index contributed by atoms with van der Waals surface area (Å²) in [5.74, 6) is -4.17. The van der Waals surface area contributed by atoms with Crippen molar-refractivity contribution in [3.63, 3.8) is 0 Å². The summed E-state index contributed by atoms with van der Waals surface area (Å²) in [6, 6.07) is 0. The Hall–Kier alpha value is -0.280. The molecule has 0 N–H and O–H groups in total. The molecule has 0 amide bonds. The zero-order chi connectivity index (χ0) is 16.7.